The largest absolute Gasteiger partial charge is 0.310 e. The van der Waals surface area contributed by atoms with Gasteiger partial charge in [0.1, 0.15) is 11.7 Å². The first-order valence-electron chi connectivity index (χ1n) is 10.6. The van der Waals surface area contributed by atoms with Crippen molar-refractivity contribution in [3.8, 4) is 28.5 Å². The summed E-state index contributed by atoms with van der Waals surface area (Å²) in [7, 11) is 0. The lowest BCUT2D eigenvalue weighted by molar-refractivity contribution is -0.689. The first kappa shape index (κ1) is 19.0. The monoisotopic (exact) mass is 402 g/mol. The van der Waals surface area contributed by atoms with Crippen LogP contribution in [-0.2, 0) is 0 Å². The molecule has 0 aliphatic rings. The third-order valence-corrected chi connectivity index (χ3v) is 5.59. The Kier molecular flexibility index (Phi) is 5.16. The highest BCUT2D eigenvalue weighted by atomic mass is 15.4. The van der Waals surface area contributed by atoms with E-state index in [4.69, 9.17) is 5.10 Å². The molecule has 1 aromatic heterocycles. The van der Waals surface area contributed by atoms with Gasteiger partial charge in [-0.05, 0) is 48.9 Å². The first-order valence-corrected chi connectivity index (χ1v) is 10.6. The number of aromatic nitrogens is 3. The molecule has 150 valence electrons. The number of benzene rings is 4. The molecule has 0 saturated heterocycles. The highest BCUT2D eigenvalue weighted by Crippen LogP contribution is 2.27. The van der Waals surface area contributed by atoms with Gasteiger partial charge in [0.2, 0.25) is 0 Å². The van der Waals surface area contributed by atoms with Crippen molar-refractivity contribution in [2.24, 2.45) is 0 Å². The normalized spacial score (nSPS) is 11.9. The minimum absolute atomic E-state index is 0.101. The van der Waals surface area contributed by atoms with E-state index in [1.165, 1.54) is 5.56 Å². The molecule has 0 aliphatic carbocycles. The van der Waals surface area contributed by atoms with Crippen molar-refractivity contribution >= 4 is 0 Å². The summed E-state index contributed by atoms with van der Waals surface area (Å²) in [6.45, 7) is 2.24. The van der Waals surface area contributed by atoms with Crippen LogP contribution in [0.4, 0.5) is 0 Å². The second-order valence-electron chi connectivity index (χ2n) is 7.58. The average Bonchev–Trinajstić information content (AvgIpc) is 3.26. The summed E-state index contributed by atoms with van der Waals surface area (Å²) in [5.41, 5.74) is 4.51. The summed E-state index contributed by atoms with van der Waals surface area (Å²) in [6, 6.07) is 42.0. The predicted molar refractivity (Wildman–Crippen MR) is 125 cm³/mol. The van der Waals surface area contributed by atoms with Crippen LogP contribution in [0.15, 0.2) is 121 Å². The van der Waals surface area contributed by atoms with Crippen LogP contribution in [-0.4, -0.2) is 9.78 Å². The van der Waals surface area contributed by atoms with Crippen molar-refractivity contribution in [3.63, 3.8) is 0 Å². The van der Waals surface area contributed by atoms with Gasteiger partial charge in [0.05, 0.1) is 16.2 Å². The summed E-state index contributed by atoms with van der Waals surface area (Å²) in [5, 5.41) is 5.15. The van der Waals surface area contributed by atoms with Gasteiger partial charge in [0.25, 0.3) is 5.82 Å². The lowest BCUT2D eigenvalue weighted by atomic mass is 10.1. The Balaban J connectivity index is 1.84. The molecular formula is C28H24N3+. The van der Waals surface area contributed by atoms with Crippen molar-refractivity contribution in [1.29, 1.82) is 0 Å². The van der Waals surface area contributed by atoms with Crippen molar-refractivity contribution < 1.29 is 4.57 Å². The molecule has 4 aromatic carbocycles. The SMILES string of the molecule is CC(c1ccccc1)[n+]1c(-c2ccccc2)nn(-c2ccccc2)c1-c1ccccc1. The minimum atomic E-state index is 0.101. The molecule has 5 rings (SSSR count). The fourth-order valence-corrected chi connectivity index (χ4v) is 4.02. The second kappa shape index (κ2) is 8.41. The van der Waals surface area contributed by atoms with Crippen molar-refractivity contribution in [1.82, 2.24) is 9.78 Å². The molecule has 1 atom stereocenters. The van der Waals surface area contributed by atoms with E-state index in [-0.39, 0.29) is 6.04 Å². The van der Waals surface area contributed by atoms with E-state index in [1.54, 1.807) is 0 Å². The molecule has 0 amide bonds. The van der Waals surface area contributed by atoms with Gasteiger partial charge in [-0.2, -0.15) is 0 Å². The second-order valence-corrected chi connectivity index (χ2v) is 7.58. The van der Waals surface area contributed by atoms with Crippen molar-refractivity contribution in [2.45, 2.75) is 13.0 Å². The van der Waals surface area contributed by atoms with Crippen LogP contribution < -0.4 is 4.57 Å². The lowest BCUT2D eigenvalue weighted by Crippen LogP contribution is -2.41. The van der Waals surface area contributed by atoms with Crippen molar-refractivity contribution in [2.75, 3.05) is 0 Å². The van der Waals surface area contributed by atoms with Gasteiger partial charge < -0.3 is 0 Å². The van der Waals surface area contributed by atoms with E-state index in [0.29, 0.717) is 0 Å². The fraction of sp³-hybridized carbons (Fsp3) is 0.0714. The molecule has 0 saturated carbocycles. The molecule has 0 bridgehead atoms. The summed E-state index contributed by atoms with van der Waals surface area (Å²) in [6.07, 6.45) is 0. The molecular weight excluding hydrogens is 378 g/mol. The molecule has 1 heterocycles. The topological polar surface area (TPSA) is 21.7 Å². The average molecular weight is 403 g/mol. The molecule has 0 spiro atoms. The summed E-state index contributed by atoms with van der Waals surface area (Å²) < 4.78 is 4.42. The smallest absolute Gasteiger partial charge is 0.216 e. The number of rotatable bonds is 5. The molecule has 0 aliphatic heterocycles. The van der Waals surface area contributed by atoms with Gasteiger partial charge >= 0.3 is 5.82 Å². The molecule has 31 heavy (non-hydrogen) atoms. The van der Waals surface area contributed by atoms with Crippen LogP contribution in [0.1, 0.15) is 18.5 Å². The number of hydrogen-bond acceptors (Lipinski definition) is 1. The summed E-state index contributed by atoms with van der Waals surface area (Å²) >= 11 is 0. The third-order valence-electron chi connectivity index (χ3n) is 5.59. The maximum Gasteiger partial charge on any atom is 0.310 e. The van der Waals surface area contributed by atoms with Gasteiger partial charge in [-0.15, -0.1) is 0 Å². The van der Waals surface area contributed by atoms with Gasteiger partial charge in [-0.25, -0.2) is 4.57 Å². The molecule has 3 heteroatoms. The van der Waals surface area contributed by atoms with Crippen LogP contribution >= 0.6 is 0 Å². The van der Waals surface area contributed by atoms with Gasteiger partial charge in [-0.3, -0.25) is 0 Å². The zero-order chi connectivity index (χ0) is 21.0. The maximum absolute atomic E-state index is 5.15. The van der Waals surface area contributed by atoms with E-state index in [1.807, 2.05) is 12.1 Å². The van der Waals surface area contributed by atoms with E-state index in [9.17, 15) is 0 Å². The predicted octanol–water partition coefficient (Wildman–Crippen LogP) is 6.10. The van der Waals surface area contributed by atoms with Crippen LogP contribution in [0.25, 0.3) is 28.5 Å². The quantitative estimate of drug-likeness (QED) is 0.325. The first-order chi connectivity index (χ1) is 15.3. The highest BCUT2D eigenvalue weighted by Gasteiger charge is 2.32. The standard InChI is InChI=1S/C28H24N3/c1-22(23-14-6-2-7-15-23)30-27(24-16-8-3-9-17-24)29-31(26-20-12-5-13-21-26)28(30)25-18-10-4-11-19-25/h2-22H,1H3/q+1. The molecule has 3 nitrogen and oxygen atoms in total. The minimum Gasteiger partial charge on any atom is -0.216 e. The van der Waals surface area contributed by atoms with Crippen LogP contribution in [0.3, 0.4) is 0 Å². The summed E-state index contributed by atoms with van der Waals surface area (Å²) in [4.78, 5) is 0. The van der Waals surface area contributed by atoms with Gasteiger partial charge in [0.15, 0.2) is 0 Å². The molecule has 1 unspecified atom stereocenters. The van der Waals surface area contributed by atoms with Crippen LogP contribution in [0.5, 0.6) is 0 Å². The Morgan fingerprint density at radius 1 is 0.613 bits per heavy atom. The summed E-state index contributed by atoms with van der Waals surface area (Å²) in [5.74, 6) is 2.00. The van der Waals surface area contributed by atoms with Gasteiger partial charge in [0, 0.05) is 0 Å². The van der Waals surface area contributed by atoms with E-state index in [0.717, 1.165) is 28.5 Å². The van der Waals surface area contributed by atoms with Crippen LogP contribution in [0.2, 0.25) is 0 Å². The Morgan fingerprint density at radius 3 is 1.68 bits per heavy atom. The molecule has 5 aromatic rings. The number of hydrogen-bond donors (Lipinski definition) is 0. The molecule has 0 N–H and O–H groups in total. The lowest BCUT2D eigenvalue weighted by Gasteiger charge is -2.14. The number of para-hydroxylation sites is 1. The Hall–Kier alpha value is -3.98. The maximum atomic E-state index is 5.15. The number of nitrogens with zero attached hydrogens (tertiary/aromatic N) is 3. The zero-order valence-electron chi connectivity index (χ0n) is 17.5. The van der Waals surface area contributed by atoms with Crippen molar-refractivity contribution in [3.05, 3.63) is 127 Å². The van der Waals surface area contributed by atoms with Crippen LogP contribution in [0, 0.1) is 0 Å². The Labute approximate surface area is 182 Å². The van der Waals surface area contributed by atoms with Gasteiger partial charge in [-0.1, -0.05) is 89.6 Å². The molecule has 0 fully saturated rings. The fourth-order valence-electron chi connectivity index (χ4n) is 4.02. The Morgan fingerprint density at radius 2 is 1.10 bits per heavy atom. The van der Waals surface area contributed by atoms with E-state index < -0.39 is 0 Å². The van der Waals surface area contributed by atoms with E-state index >= 15 is 0 Å². The van der Waals surface area contributed by atoms with E-state index in [2.05, 4.69) is 125 Å². The zero-order valence-corrected chi connectivity index (χ0v) is 17.5. The highest BCUT2D eigenvalue weighted by molar-refractivity contribution is 5.59. The third kappa shape index (κ3) is 3.66. The Bertz CT molecular complexity index is 1260. The molecule has 0 radical (unpaired) electrons.